The van der Waals surface area contributed by atoms with E-state index in [0.717, 1.165) is 25.7 Å². The van der Waals surface area contributed by atoms with Gasteiger partial charge in [-0.2, -0.15) is 5.26 Å². The zero-order valence-electron chi connectivity index (χ0n) is 12.8. The SMILES string of the molecule is CC(C)NC(C)(C#N)CN1CCC2CCC(C1)N2C. The highest BCUT2D eigenvalue weighted by molar-refractivity contribution is 5.07. The fraction of sp³-hybridized carbons (Fsp3) is 0.933. The van der Waals surface area contributed by atoms with E-state index in [1.54, 1.807) is 0 Å². The maximum Gasteiger partial charge on any atom is 0.116 e. The number of hydrogen-bond acceptors (Lipinski definition) is 4. The van der Waals surface area contributed by atoms with Crippen molar-refractivity contribution in [2.24, 2.45) is 0 Å². The molecule has 2 aliphatic rings. The Morgan fingerprint density at radius 1 is 1.32 bits per heavy atom. The molecule has 2 bridgehead atoms. The molecule has 1 N–H and O–H groups in total. The molecule has 0 aromatic rings. The van der Waals surface area contributed by atoms with Crippen LogP contribution in [0, 0.1) is 11.3 Å². The third-order valence-electron chi connectivity index (χ3n) is 4.63. The van der Waals surface area contributed by atoms with Crippen molar-refractivity contribution in [1.29, 1.82) is 5.26 Å². The third kappa shape index (κ3) is 3.47. The van der Waals surface area contributed by atoms with Crippen LogP contribution in [0.5, 0.6) is 0 Å². The Morgan fingerprint density at radius 2 is 2.00 bits per heavy atom. The van der Waals surface area contributed by atoms with Crippen LogP contribution in [0.2, 0.25) is 0 Å². The Hall–Kier alpha value is -0.630. The molecule has 2 aliphatic heterocycles. The minimum atomic E-state index is -0.434. The average Bonchev–Trinajstić information content (AvgIpc) is 2.57. The first-order chi connectivity index (χ1) is 8.93. The van der Waals surface area contributed by atoms with Crippen molar-refractivity contribution in [2.75, 3.05) is 26.7 Å². The highest BCUT2D eigenvalue weighted by Crippen LogP contribution is 2.28. The second-order valence-electron chi connectivity index (χ2n) is 6.82. The van der Waals surface area contributed by atoms with Crippen LogP contribution in [-0.2, 0) is 0 Å². The maximum atomic E-state index is 9.47. The van der Waals surface area contributed by atoms with E-state index >= 15 is 0 Å². The Labute approximate surface area is 117 Å². The van der Waals surface area contributed by atoms with Crippen LogP contribution in [0.4, 0.5) is 0 Å². The van der Waals surface area contributed by atoms with Gasteiger partial charge >= 0.3 is 0 Å². The third-order valence-corrected chi connectivity index (χ3v) is 4.63. The van der Waals surface area contributed by atoms with Crippen molar-refractivity contribution in [1.82, 2.24) is 15.1 Å². The molecule has 0 spiro atoms. The van der Waals surface area contributed by atoms with E-state index in [-0.39, 0.29) is 0 Å². The monoisotopic (exact) mass is 264 g/mol. The minimum absolute atomic E-state index is 0.343. The molecule has 2 fully saturated rings. The van der Waals surface area contributed by atoms with E-state index in [9.17, 15) is 5.26 Å². The standard InChI is InChI=1S/C15H28N4/c1-12(2)17-15(3,10-16)11-19-8-7-13-5-6-14(9-19)18(13)4/h12-14,17H,5-9,11H2,1-4H3. The lowest BCUT2D eigenvalue weighted by atomic mass is 10.0. The Kier molecular flexibility index (Phi) is 4.50. The topological polar surface area (TPSA) is 42.3 Å². The molecule has 3 atom stereocenters. The fourth-order valence-corrected chi connectivity index (χ4v) is 3.72. The summed E-state index contributed by atoms with van der Waals surface area (Å²) in [4.78, 5) is 5.04. The van der Waals surface area contributed by atoms with Gasteiger partial charge in [-0.15, -0.1) is 0 Å². The van der Waals surface area contributed by atoms with Gasteiger partial charge in [0.25, 0.3) is 0 Å². The van der Waals surface area contributed by atoms with Crippen LogP contribution >= 0.6 is 0 Å². The van der Waals surface area contributed by atoms with Crippen molar-refractivity contribution in [2.45, 2.75) is 63.7 Å². The molecule has 2 rings (SSSR count). The average molecular weight is 264 g/mol. The van der Waals surface area contributed by atoms with Crippen LogP contribution in [0.25, 0.3) is 0 Å². The van der Waals surface area contributed by atoms with E-state index in [1.807, 2.05) is 6.92 Å². The molecule has 108 valence electrons. The molecule has 0 aliphatic carbocycles. The van der Waals surface area contributed by atoms with Gasteiger partial charge in [-0.1, -0.05) is 0 Å². The van der Waals surface area contributed by atoms with Gasteiger partial charge in [-0.3, -0.25) is 15.1 Å². The summed E-state index contributed by atoms with van der Waals surface area (Å²) >= 11 is 0. The molecular formula is C15H28N4. The molecule has 0 radical (unpaired) electrons. The van der Waals surface area contributed by atoms with Gasteiger partial charge in [-0.25, -0.2) is 0 Å². The van der Waals surface area contributed by atoms with Crippen LogP contribution < -0.4 is 5.32 Å². The zero-order valence-corrected chi connectivity index (χ0v) is 12.8. The van der Waals surface area contributed by atoms with Gasteiger partial charge in [0.1, 0.15) is 5.54 Å². The number of likely N-dealkylation sites (N-methyl/N-ethyl adjacent to an activating group) is 1. The predicted octanol–water partition coefficient (Wildman–Crippen LogP) is 1.44. The van der Waals surface area contributed by atoms with Crippen LogP contribution in [0.15, 0.2) is 0 Å². The van der Waals surface area contributed by atoms with Crippen molar-refractivity contribution in [3.05, 3.63) is 0 Å². The van der Waals surface area contributed by atoms with Crippen LogP contribution in [-0.4, -0.2) is 60.1 Å². The lowest BCUT2D eigenvalue weighted by molar-refractivity contribution is 0.188. The van der Waals surface area contributed by atoms with Gasteiger partial charge in [0.2, 0.25) is 0 Å². The Morgan fingerprint density at radius 3 is 2.63 bits per heavy atom. The summed E-state index contributed by atoms with van der Waals surface area (Å²) in [5, 5.41) is 12.9. The Balaban J connectivity index is 1.97. The number of rotatable bonds is 4. The highest BCUT2D eigenvalue weighted by atomic mass is 15.3. The quantitative estimate of drug-likeness (QED) is 0.834. The molecular weight excluding hydrogens is 236 g/mol. The molecule has 4 nitrogen and oxygen atoms in total. The first-order valence-corrected chi connectivity index (χ1v) is 7.57. The number of likely N-dealkylation sites (tertiary alicyclic amines) is 1. The fourth-order valence-electron chi connectivity index (χ4n) is 3.72. The predicted molar refractivity (Wildman–Crippen MR) is 77.9 cm³/mol. The first-order valence-electron chi connectivity index (χ1n) is 7.57. The smallest absolute Gasteiger partial charge is 0.116 e. The van der Waals surface area contributed by atoms with E-state index < -0.39 is 5.54 Å². The molecule has 19 heavy (non-hydrogen) atoms. The summed E-state index contributed by atoms with van der Waals surface area (Å²) in [6.07, 6.45) is 3.92. The normalized spacial score (nSPS) is 32.0. The summed E-state index contributed by atoms with van der Waals surface area (Å²) in [7, 11) is 2.27. The number of fused-ring (bicyclic) bond motifs is 2. The van der Waals surface area contributed by atoms with E-state index in [1.165, 1.54) is 19.3 Å². The number of nitriles is 1. The minimum Gasteiger partial charge on any atom is -0.299 e. The number of hydrogen-bond donors (Lipinski definition) is 1. The van der Waals surface area contributed by atoms with E-state index in [4.69, 9.17) is 0 Å². The summed E-state index contributed by atoms with van der Waals surface area (Å²) in [5.41, 5.74) is -0.434. The van der Waals surface area contributed by atoms with Crippen molar-refractivity contribution < 1.29 is 0 Å². The largest absolute Gasteiger partial charge is 0.299 e. The second kappa shape index (κ2) is 5.78. The maximum absolute atomic E-state index is 9.47. The second-order valence-corrected chi connectivity index (χ2v) is 6.82. The van der Waals surface area contributed by atoms with Gasteiger partial charge in [0.05, 0.1) is 6.07 Å². The van der Waals surface area contributed by atoms with E-state index in [2.05, 4.69) is 42.1 Å². The molecule has 0 aromatic heterocycles. The molecule has 0 saturated carbocycles. The van der Waals surface area contributed by atoms with Gasteiger partial charge < -0.3 is 0 Å². The van der Waals surface area contributed by atoms with Crippen molar-refractivity contribution in [3.63, 3.8) is 0 Å². The highest BCUT2D eigenvalue weighted by Gasteiger charge is 2.37. The van der Waals surface area contributed by atoms with Crippen LogP contribution in [0.1, 0.15) is 40.0 Å². The summed E-state index contributed by atoms with van der Waals surface area (Å²) in [5.74, 6) is 0. The van der Waals surface area contributed by atoms with Crippen molar-refractivity contribution in [3.8, 4) is 6.07 Å². The van der Waals surface area contributed by atoms with E-state index in [0.29, 0.717) is 12.1 Å². The van der Waals surface area contributed by atoms with Crippen LogP contribution in [0.3, 0.4) is 0 Å². The summed E-state index contributed by atoms with van der Waals surface area (Å²) in [6.45, 7) is 9.31. The first kappa shape index (κ1) is 14.8. The zero-order chi connectivity index (χ0) is 14.0. The molecule has 3 unspecified atom stereocenters. The van der Waals surface area contributed by atoms with Gasteiger partial charge in [-0.05, 0) is 53.6 Å². The lowest BCUT2D eigenvalue weighted by Crippen LogP contribution is -2.54. The molecule has 2 saturated heterocycles. The van der Waals surface area contributed by atoms with Gasteiger partial charge in [0, 0.05) is 31.2 Å². The molecule has 4 heteroatoms. The lowest BCUT2D eigenvalue weighted by Gasteiger charge is -2.33. The Bertz CT molecular complexity index is 349. The number of nitrogens with one attached hydrogen (secondary N) is 1. The molecule has 0 aromatic carbocycles. The molecule has 0 amide bonds. The van der Waals surface area contributed by atoms with Gasteiger partial charge in [0.15, 0.2) is 0 Å². The number of nitrogens with zero attached hydrogens (tertiary/aromatic N) is 3. The van der Waals surface area contributed by atoms with Crippen molar-refractivity contribution >= 4 is 0 Å². The summed E-state index contributed by atoms with van der Waals surface area (Å²) < 4.78 is 0. The summed E-state index contributed by atoms with van der Waals surface area (Å²) in [6, 6.07) is 4.26. The molecule has 2 heterocycles.